The number of rotatable bonds is 4. The molecule has 0 aromatic heterocycles. The molecular formula is C22H24N4O4. The van der Waals surface area contributed by atoms with E-state index in [9.17, 15) is 19.5 Å². The number of hydrogen-bond donors (Lipinski definition) is 3. The predicted molar refractivity (Wildman–Crippen MR) is 111 cm³/mol. The SMILES string of the molecule is CC1(C(=O)O)N(C(=O)N(c2ccccc2)c2ccccc2)CC2CCC1(C(N)=O)N2. The Kier molecular flexibility index (Phi) is 4.74. The molecule has 2 aliphatic rings. The molecule has 0 radical (unpaired) electrons. The van der Waals surface area contributed by atoms with Gasteiger partial charge in [-0.25, -0.2) is 9.59 Å². The minimum absolute atomic E-state index is 0.160. The Balaban J connectivity index is 1.85. The number of nitrogens with two attached hydrogens (primary N) is 1. The van der Waals surface area contributed by atoms with Crippen molar-refractivity contribution in [3.8, 4) is 0 Å². The quantitative estimate of drug-likeness (QED) is 0.716. The van der Waals surface area contributed by atoms with Gasteiger partial charge in [-0.05, 0) is 44.0 Å². The van der Waals surface area contributed by atoms with Gasteiger partial charge in [0.25, 0.3) is 0 Å². The maximum Gasteiger partial charge on any atom is 0.331 e. The number of fused-ring (bicyclic) bond motifs is 2. The first-order chi connectivity index (χ1) is 14.3. The third-order valence-electron chi connectivity index (χ3n) is 6.38. The molecule has 8 nitrogen and oxygen atoms in total. The molecule has 2 heterocycles. The minimum Gasteiger partial charge on any atom is -0.479 e. The van der Waals surface area contributed by atoms with Crippen molar-refractivity contribution in [1.82, 2.24) is 10.2 Å². The lowest BCUT2D eigenvalue weighted by molar-refractivity contribution is -0.160. The van der Waals surface area contributed by atoms with Crippen LogP contribution in [0.25, 0.3) is 0 Å². The molecule has 8 heteroatoms. The highest BCUT2D eigenvalue weighted by atomic mass is 16.4. The molecule has 2 aromatic rings. The van der Waals surface area contributed by atoms with Crippen LogP contribution < -0.4 is 16.0 Å². The summed E-state index contributed by atoms with van der Waals surface area (Å²) < 4.78 is 0. The number of amides is 3. The number of carboxylic acids is 1. The lowest BCUT2D eigenvalue weighted by atomic mass is 9.74. The van der Waals surface area contributed by atoms with Crippen molar-refractivity contribution in [1.29, 1.82) is 0 Å². The van der Waals surface area contributed by atoms with Crippen LogP contribution in [0.15, 0.2) is 60.7 Å². The summed E-state index contributed by atoms with van der Waals surface area (Å²) in [4.78, 5) is 41.7. The topological polar surface area (TPSA) is 116 Å². The highest BCUT2D eigenvalue weighted by Crippen LogP contribution is 2.44. The van der Waals surface area contributed by atoms with E-state index in [1.54, 1.807) is 48.5 Å². The summed E-state index contributed by atoms with van der Waals surface area (Å²) in [5, 5.41) is 13.3. The standard InChI is InChI=1S/C22H24N4O4/c1-21(19(28)29)22(18(23)27)13-12-15(24-22)14-25(21)20(30)26(16-8-4-2-5-9-16)17-10-6-3-7-11-17/h2-11,15,24H,12-14H2,1H3,(H2,23,27)(H,28,29). The van der Waals surface area contributed by atoms with Gasteiger partial charge in [0, 0.05) is 12.6 Å². The van der Waals surface area contributed by atoms with Gasteiger partial charge < -0.3 is 15.7 Å². The highest BCUT2D eigenvalue weighted by molar-refractivity contribution is 6.05. The monoisotopic (exact) mass is 408 g/mol. The van der Waals surface area contributed by atoms with Crippen LogP contribution in [-0.4, -0.2) is 51.6 Å². The molecule has 2 saturated heterocycles. The number of urea groups is 1. The molecule has 3 unspecified atom stereocenters. The van der Waals surface area contributed by atoms with Gasteiger partial charge in [-0.2, -0.15) is 0 Å². The van der Waals surface area contributed by atoms with Crippen LogP contribution >= 0.6 is 0 Å². The second kappa shape index (κ2) is 7.14. The van der Waals surface area contributed by atoms with Crippen molar-refractivity contribution in [3.05, 3.63) is 60.7 Å². The Bertz CT molecular complexity index is 944. The fraction of sp³-hybridized carbons (Fsp3) is 0.318. The number of carboxylic acid groups (broad SMARTS) is 1. The maximum absolute atomic E-state index is 13.9. The van der Waals surface area contributed by atoms with Gasteiger partial charge in [-0.1, -0.05) is 36.4 Å². The third-order valence-corrected chi connectivity index (χ3v) is 6.38. The van der Waals surface area contributed by atoms with E-state index in [2.05, 4.69) is 5.32 Å². The average Bonchev–Trinajstić information content (AvgIpc) is 3.14. The van der Waals surface area contributed by atoms with Crippen molar-refractivity contribution in [2.75, 3.05) is 11.4 Å². The number of nitrogens with one attached hydrogen (secondary N) is 1. The molecule has 2 fully saturated rings. The summed E-state index contributed by atoms with van der Waals surface area (Å²) in [5.74, 6) is -2.04. The van der Waals surface area contributed by atoms with Gasteiger partial charge in [0.15, 0.2) is 5.54 Å². The number of primary amides is 1. The van der Waals surface area contributed by atoms with E-state index in [1.165, 1.54) is 16.7 Å². The lowest BCUT2D eigenvalue weighted by Crippen LogP contribution is -2.81. The summed E-state index contributed by atoms with van der Waals surface area (Å²) in [6.45, 7) is 1.56. The summed E-state index contributed by atoms with van der Waals surface area (Å²) in [7, 11) is 0. The van der Waals surface area contributed by atoms with E-state index >= 15 is 0 Å². The largest absolute Gasteiger partial charge is 0.479 e. The van der Waals surface area contributed by atoms with E-state index in [0.29, 0.717) is 17.8 Å². The summed E-state index contributed by atoms with van der Waals surface area (Å²) in [6.07, 6.45) is 0.822. The van der Waals surface area contributed by atoms with Crippen LogP contribution in [-0.2, 0) is 9.59 Å². The molecule has 3 atom stereocenters. The number of hydrogen-bond acceptors (Lipinski definition) is 4. The van der Waals surface area contributed by atoms with Crippen molar-refractivity contribution in [2.24, 2.45) is 5.73 Å². The van der Waals surface area contributed by atoms with Gasteiger partial charge in [0.05, 0.1) is 11.4 Å². The number of likely N-dealkylation sites (tertiary alicyclic amines) is 1. The number of piperazine rings is 1. The molecule has 3 amide bonds. The number of carbonyl (C=O) groups excluding carboxylic acids is 2. The van der Waals surface area contributed by atoms with Gasteiger partial charge >= 0.3 is 12.0 Å². The van der Waals surface area contributed by atoms with E-state index in [0.717, 1.165) is 0 Å². The van der Waals surface area contributed by atoms with E-state index in [4.69, 9.17) is 5.73 Å². The number of aliphatic carboxylic acids is 1. The van der Waals surface area contributed by atoms with Crippen molar-refractivity contribution >= 4 is 29.3 Å². The normalized spacial score (nSPS) is 27.5. The van der Waals surface area contributed by atoms with E-state index in [1.807, 2.05) is 12.1 Å². The van der Waals surface area contributed by atoms with Gasteiger partial charge in [0.2, 0.25) is 5.91 Å². The van der Waals surface area contributed by atoms with Crippen LogP contribution in [0.5, 0.6) is 0 Å². The second-order valence-electron chi connectivity index (χ2n) is 7.93. The predicted octanol–water partition coefficient (Wildman–Crippen LogP) is 2.08. The van der Waals surface area contributed by atoms with Crippen molar-refractivity contribution in [3.63, 3.8) is 0 Å². The van der Waals surface area contributed by atoms with Crippen LogP contribution in [0.1, 0.15) is 19.8 Å². The molecule has 0 aliphatic carbocycles. The minimum atomic E-state index is -1.84. The fourth-order valence-electron chi connectivity index (χ4n) is 4.68. The molecular weight excluding hydrogens is 384 g/mol. The van der Waals surface area contributed by atoms with E-state index in [-0.39, 0.29) is 19.0 Å². The molecule has 0 saturated carbocycles. The first kappa shape index (κ1) is 19.9. The number of benzene rings is 2. The lowest BCUT2D eigenvalue weighted by Gasteiger charge is -2.52. The Morgan fingerprint density at radius 1 is 1.07 bits per heavy atom. The maximum atomic E-state index is 13.9. The molecule has 2 bridgehead atoms. The zero-order chi connectivity index (χ0) is 21.5. The third kappa shape index (κ3) is 2.75. The zero-order valence-corrected chi connectivity index (χ0v) is 16.6. The van der Waals surface area contributed by atoms with Crippen molar-refractivity contribution < 1.29 is 19.5 Å². The van der Waals surface area contributed by atoms with Crippen LogP contribution in [0, 0.1) is 0 Å². The Morgan fingerprint density at radius 2 is 1.60 bits per heavy atom. The Hall–Kier alpha value is -3.39. The summed E-state index contributed by atoms with van der Waals surface area (Å²) >= 11 is 0. The number of carbonyl (C=O) groups is 3. The molecule has 2 aromatic carbocycles. The van der Waals surface area contributed by atoms with E-state index < -0.39 is 29.0 Å². The number of nitrogens with zero attached hydrogens (tertiary/aromatic N) is 2. The number of anilines is 2. The van der Waals surface area contributed by atoms with Crippen LogP contribution in [0.4, 0.5) is 16.2 Å². The van der Waals surface area contributed by atoms with Gasteiger partial charge in [-0.15, -0.1) is 0 Å². The molecule has 0 spiro atoms. The molecule has 156 valence electrons. The molecule has 4 rings (SSSR count). The highest BCUT2D eigenvalue weighted by Gasteiger charge is 2.68. The molecule has 30 heavy (non-hydrogen) atoms. The van der Waals surface area contributed by atoms with Gasteiger partial charge in [-0.3, -0.25) is 15.0 Å². The summed E-state index contributed by atoms with van der Waals surface area (Å²) in [5.41, 5.74) is 3.52. The Morgan fingerprint density at radius 3 is 2.07 bits per heavy atom. The fourth-order valence-corrected chi connectivity index (χ4v) is 4.68. The van der Waals surface area contributed by atoms with Crippen molar-refractivity contribution in [2.45, 2.75) is 36.9 Å². The van der Waals surface area contributed by atoms with Crippen LogP contribution in [0.3, 0.4) is 0 Å². The molecule has 2 aliphatic heterocycles. The van der Waals surface area contributed by atoms with Gasteiger partial charge in [0.1, 0.15) is 5.54 Å². The number of para-hydroxylation sites is 2. The first-order valence-corrected chi connectivity index (χ1v) is 9.84. The Labute approximate surface area is 174 Å². The first-order valence-electron chi connectivity index (χ1n) is 9.84. The molecule has 4 N–H and O–H groups in total. The second-order valence-corrected chi connectivity index (χ2v) is 7.93. The average molecular weight is 408 g/mol. The van der Waals surface area contributed by atoms with Crippen LogP contribution in [0.2, 0.25) is 0 Å². The zero-order valence-electron chi connectivity index (χ0n) is 16.6. The summed E-state index contributed by atoms with van der Waals surface area (Å²) in [6, 6.07) is 17.3. The smallest absolute Gasteiger partial charge is 0.331 e.